The summed E-state index contributed by atoms with van der Waals surface area (Å²) in [6, 6.07) is 19.6. The third-order valence-electron chi connectivity index (χ3n) is 4.21. The number of benzene rings is 3. The van der Waals surface area contributed by atoms with Crippen molar-refractivity contribution in [2.75, 3.05) is 13.7 Å². The van der Waals surface area contributed by atoms with Gasteiger partial charge in [0.15, 0.2) is 6.61 Å². The van der Waals surface area contributed by atoms with Crippen LogP contribution in [-0.2, 0) is 9.84 Å². The predicted molar refractivity (Wildman–Crippen MR) is 106 cm³/mol. The standard InChI is InChI=1S/C22H20O5S/c1-16-8-13-22(26-2)20(14-16)21(23)15-27-17-9-11-19(12-10-17)28(24,25)18-6-4-3-5-7-18/h3-14H,15H2,1-2H3. The number of rotatable bonds is 7. The zero-order valence-electron chi connectivity index (χ0n) is 15.6. The summed E-state index contributed by atoms with van der Waals surface area (Å²) in [6.07, 6.45) is 0. The van der Waals surface area contributed by atoms with Gasteiger partial charge in [0, 0.05) is 0 Å². The number of Topliss-reactive ketones (excluding diaryl/α,β-unsaturated/α-hetero) is 1. The molecule has 0 unspecified atom stereocenters. The lowest BCUT2D eigenvalue weighted by molar-refractivity contribution is 0.0918. The van der Waals surface area contributed by atoms with Gasteiger partial charge in [0.05, 0.1) is 22.5 Å². The first-order chi connectivity index (χ1) is 13.4. The molecule has 0 amide bonds. The van der Waals surface area contributed by atoms with Gasteiger partial charge < -0.3 is 9.47 Å². The summed E-state index contributed by atoms with van der Waals surface area (Å²) in [4.78, 5) is 12.9. The fraction of sp³-hybridized carbons (Fsp3) is 0.136. The molecule has 0 heterocycles. The summed E-state index contributed by atoms with van der Waals surface area (Å²) in [6.45, 7) is 1.72. The predicted octanol–water partition coefficient (Wildman–Crippen LogP) is 4.10. The van der Waals surface area contributed by atoms with Gasteiger partial charge in [0.25, 0.3) is 0 Å². The number of carbonyl (C=O) groups excluding carboxylic acids is 1. The van der Waals surface area contributed by atoms with Crippen LogP contribution in [-0.4, -0.2) is 27.9 Å². The Morgan fingerprint density at radius 2 is 1.54 bits per heavy atom. The van der Waals surface area contributed by atoms with Gasteiger partial charge >= 0.3 is 0 Å². The van der Waals surface area contributed by atoms with E-state index in [4.69, 9.17) is 9.47 Å². The van der Waals surface area contributed by atoms with E-state index in [1.54, 1.807) is 42.5 Å². The SMILES string of the molecule is COc1ccc(C)cc1C(=O)COc1ccc(S(=O)(=O)c2ccccc2)cc1. The number of methoxy groups -OCH3 is 1. The van der Waals surface area contributed by atoms with E-state index in [-0.39, 0.29) is 22.2 Å². The van der Waals surface area contributed by atoms with Crippen LogP contribution in [0.1, 0.15) is 15.9 Å². The van der Waals surface area contributed by atoms with Gasteiger partial charge in [-0.15, -0.1) is 0 Å². The van der Waals surface area contributed by atoms with Gasteiger partial charge in [-0.1, -0.05) is 29.8 Å². The molecule has 0 atom stereocenters. The third kappa shape index (κ3) is 4.23. The van der Waals surface area contributed by atoms with E-state index in [9.17, 15) is 13.2 Å². The second-order valence-corrected chi connectivity index (χ2v) is 8.15. The fourth-order valence-corrected chi connectivity index (χ4v) is 4.00. The first-order valence-electron chi connectivity index (χ1n) is 8.62. The van der Waals surface area contributed by atoms with E-state index in [0.717, 1.165) is 5.56 Å². The number of sulfone groups is 1. The van der Waals surface area contributed by atoms with Gasteiger partial charge in [0.1, 0.15) is 11.5 Å². The maximum absolute atomic E-state index is 12.6. The van der Waals surface area contributed by atoms with E-state index in [1.807, 2.05) is 13.0 Å². The van der Waals surface area contributed by atoms with E-state index in [1.165, 1.54) is 31.4 Å². The molecule has 3 rings (SSSR count). The number of hydrogen-bond donors (Lipinski definition) is 0. The maximum Gasteiger partial charge on any atom is 0.206 e. The second kappa shape index (κ2) is 8.27. The smallest absolute Gasteiger partial charge is 0.206 e. The topological polar surface area (TPSA) is 69.7 Å². The van der Waals surface area contributed by atoms with E-state index in [0.29, 0.717) is 17.1 Å². The molecule has 144 valence electrons. The minimum absolute atomic E-state index is 0.165. The van der Waals surface area contributed by atoms with Gasteiger partial charge in [-0.25, -0.2) is 8.42 Å². The highest BCUT2D eigenvalue weighted by Crippen LogP contribution is 2.24. The molecule has 0 aliphatic rings. The van der Waals surface area contributed by atoms with Crippen LogP contribution < -0.4 is 9.47 Å². The van der Waals surface area contributed by atoms with Crippen molar-refractivity contribution in [1.82, 2.24) is 0 Å². The van der Waals surface area contributed by atoms with Crippen LogP contribution in [0.3, 0.4) is 0 Å². The summed E-state index contributed by atoms with van der Waals surface area (Å²) in [5.41, 5.74) is 1.39. The van der Waals surface area contributed by atoms with Gasteiger partial charge in [-0.2, -0.15) is 0 Å². The van der Waals surface area contributed by atoms with Crippen LogP contribution in [0.25, 0.3) is 0 Å². The fourth-order valence-electron chi connectivity index (χ4n) is 2.72. The zero-order valence-corrected chi connectivity index (χ0v) is 16.4. The Morgan fingerprint density at radius 3 is 2.18 bits per heavy atom. The molecule has 0 saturated heterocycles. The van der Waals surface area contributed by atoms with E-state index >= 15 is 0 Å². The molecular formula is C22H20O5S. The summed E-state index contributed by atoms with van der Waals surface area (Å²) >= 11 is 0. The van der Waals surface area contributed by atoms with Crippen LogP contribution in [0, 0.1) is 6.92 Å². The van der Waals surface area contributed by atoms with Crippen LogP contribution in [0.15, 0.2) is 82.6 Å². The molecule has 0 radical (unpaired) electrons. The molecule has 0 fully saturated rings. The van der Waals surface area contributed by atoms with E-state index in [2.05, 4.69) is 0 Å². The van der Waals surface area contributed by atoms with Crippen LogP contribution in [0.5, 0.6) is 11.5 Å². The Hall–Kier alpha value is -3.12. The highest BCUT2D eigenvalue weighted by Gasteiger charge is 2.17. The van der Waals surface area contributed by atoms with Gasteiger partial charge in [-0.05, 0) is 55.5 Å². The second-order valence-electron chi connectivity index (χ2n) is 6.20. The van der Waals surface area contributed by atoms with E-state index < -0.39 is 9.84 Å². The number of ether oxygens (including phenoxy) is 2. The monoisotopic (exact) mass is 396 g/mol. The van der Waals surface area contributed by atoms with Crippen molar-refractivity contribution in [3.8, 4) is 11.5 Å². The highest BCUT2D eigenvalue weighted by atomic mass is 32.2. The molecule has 0 spiro atoms. The number of carbonyl (C=O) groups is 1. The molecule has 28 heavy (non-hydrogen) atoms. The molecule has 0 aliphatic heterocycles. The average molecular weight is 396 g/mol. The van der Waals surface area contributed by atoms with Crippen LogP contribution in [0.2, 0.25) is 0 Å². The van der Waals surface area contributed by atoms with Crippen molar-refractivity contribution in [1.29, 1.82) is 0 Å². The minimum atomic E-state index is -3.58. The Morgan fingerprint density at radius 1 is 0.893 bits per heavy atom. The quantitative estimate of drug-likeness (QED) is 0.563. The molecule has 0 bridgehead atoms. The molecule has 6 heteroatoms. The van der Waals surface area contributed by atoms with Crippen molar-refractivity contribution in [2.45, 2.75) is 16.7 Å². The lowest BCUT2D eigenvalue weighted by Crippen LogP contribution is -2.13. The minimum Gasteiger partial charge on any atom is -0.496 e. The Bertz CT molecular complexity index is 1070. The van der Waals surface area contributed by atoms with Gasteiger partial charge in [0.2, 0.25) is 15.6 Å². The number of ketones is 1. The Balaban J connectivity index is 1.72. The first-order valence-corrected chi connectivity index (χ1v) is 10.1. The zero-order chi connectivity index (χ0) is 20.1. The Kier molecular flexibility index (Phi) is 5.80. The Labute approximate surface area is 164 Å². The number of aryl methyl sites for hydroxylation is 1. The summed E-state index contributed by atoms with van der Waals surface area (Å²) in [5, 5.41) is 0. The molecule has 3 aromatic carbocycles. The lowest BCUT2D eigenvalue weighted by atomic mass is 10.1. The van der Waals surface area contributed by atoms with Crippen LogP contribution in [0.4, 0.5) is 0 Å². The van der Waals surface area contributed by atoms with Crippen LogP contribution >= 0.6 is 0 Å². The highest BCUT2D eigenvalue weighted by molar-refractivity contribution is 7.91. The molecule has 5 nitrogen and oxygen atoms in total. The summed E-state index contributed by atoms with van der Waals surface area (Å²) in [7, 11) is -2.07. The van der Waals surface area contributed by atoms with Crippen molar-refractivity contribution in [2.24, 2.45) is 0 Å². The molecule has 3 aromatic rings. The maximum atomic E-state index is 12.6. The molecular weight excluding hydrogens is 376 g/mol. The molecule has 0 saturated carbocycles. The summed E-state index contributed by atoms with van der Waals surface area (Å²) in [5.74, 6) is 0.678. The third-order valence-corrected chi connectivity index (χ3v) is 6.00. The lowest BCUT2D eigenvalue weighted by Gasteiger charge is -2.10. The average Bonchev–Trinajstić information content (AvgIpc) is 2.73. The van der Waals surface area contributed by atoms with Crippen molar-refractivity contribution in [3.05, 3.63) is 83.9 Å². The normalized spacial score (nSPS) is 11.1. The molecule has 0 aliphatic carbocycles. The molecule has 0 aromatic heterocycles. The van der Waals surface area contributed by atoms with Crippen molar-refractivity contribution < 1.29 is 22.7 Å². The molecule has 0 N–H and O–H groups in total. The largest absolute Gasteiger partial charge is 0.496 e. The van der Waals surface area contributed by atoms with Gasteiger partial charge in [-0.3, -0.25) is 4.79 Å². The van der Waals surface area contributed by atoms with Crippen molar-refractivity contribution >= 4 is 15.6 Å². The first kappa shape index (κ1) is 19.6. The number of hydrogen-bond acceptors (Lipinski definition) is 5. The summed E-state index contributed by atoms with van der Waals surface area (Å²) < 4.78 is 35.9. The van der Waals surface area contributed by atoms with Crippen molar-refractivity contribution in [3.63, 3.8) is 0 Å².